The summed E-state index contributed by atoms with van der Waals surface area (Å²) in [7, 11) is 4.18. The van der Waals surface area contributed by atoms with Gasteiger partial charge < -0.3 is 9.80 Å². The number of carbonyl (C=O) groups is 1. The molecular weight excluding hydrogens is 272 g/mol. The van der Waals surface area contributed by atoms with E-state index in [0.29, 0.717) is 12.0 Å². The molecule has 1 atom stereocenters. The van der Waals surface area contributed by atoms with E-state index in [0.717, 1.165) is 25.1 Å². The standard InChI is InChI=1S/C19H28N2O/c1-15(2)17-10-7-16(8-11-17)9-12-19(22)21-13-5-6-18(14-21)20(3)4/h7-12,15,18H,5-6,13-14H2,1-4H3/b12-9+. The lowest BCUT2D eigenvalue weighted by molar-refractivity contribution is -0.127. The number of carbonyl (C=O) groups excluding carboxylic acids is 1. The van der Waals surface area contributed by atoms with Crippen molar-refractivity contribution < 1.29 is 4.79 Å². The van der Waals surface area contributed by atoms with Gasteiger partial charge in [-0.2, -0.15) is 0 Å². The number of hydrogen-bond donors (Lipinski definition) is 0. The van der Waals surface area contributed by atoms with Crippen molar-refractivity contribution in [1.82, 2.24) is 9.80 Å². The average molecular weight is 300 g/mol. The van der Waals surface area contributed by atoms with Crippen molar-refractivity contribution in [2.75, 3.05) is 27.2 Å². The van der Waals surface area contributed by atoms with Crippen molar-refractivity contribution in [3.8, 4) is 0 Å². The van der Waals surface area contributed by atoms with E-state index in [4.69, 9.17) is 0 Å². The van der Waals surface area contributed by atoms with Crippen molar-refractivity contribution in [1.29, 1.82) is 0 Å². The monoisotopic (exact) mass is 300 g/mol. The highest BCUT2D eigenvalue weighted by Crippen LogP contribution is 2.16. The lowest BCUT2D eigenvalue weighted by Gasteiger charge is -2.35. The molecule has 0 aromatic heterocycles. The van der Waals surface area contributed by atoms with Gasteiger partial charge in [-0.3, -0.25) is 4.79 Å². The molecule has 1 saturated heterocycles. The molecule has 1 aliphatic rings. The molecular formula is C19H28N2O. The van der Waals surface area contributed by atoms with E-state index in [1.165, 1.54) is 12.0 Å². The maximum Gasteiger partial charge on any atom is 0.246 e. The summed E-state index contributed by atoms with van der Waals surface area (Å²) in [6.07, 6.45) is 5.90. The topological polar surface area (TPSA) is 23.6 Å². The molecule has 120 valence electrons. The quantitative estimate of drug-likeness (QED) is 0.796. The molecule has 3 nitrogen and oxygen atoms in total. The molecule has 1 aromatic carbocycles. The Hall–Kier alpha value is -1.61. The first-order chi connectivity index (χ1) is 10.5. The SMILES string of the molecule is CC(C)c1ccc(/C=C/C(=O)N2CCCC(N(C)C)C2)cc1. The zero-order valence-electron chi connectivity index (χ0n) is 14.2. The van der Waals surface area contributed by atoms with E-state index in [-0.39, 0.29) is 5.91 Å². The molecule has 0 aliphatic carbocycles. The van der Waals surface area contributed by atoms with Crippen LogP contribution in [0.4, 0.5) is 0 Å². The Balaban J connectivity index is 1.95. The number of rotatable bonds is 4. The minimum absolute atomic E-state index is 0.125. The molecule has 1 aliphatic heterocycles. The first-order valence-corrected chi connectivity index (χ1v) is 8.20. The first-order valence-electron chi connectivity index (χ1n) is 8.20. The van der Waals surface area contributed by atoms with Crippen LogP contribution in [0.3, 0.4) is 0 Å². The maximum atomic E-state index is 12.3. The Bertz CT molecular complexity index is 517. The van der Waals surface area contributed by atoms with E-state index in [1.54, 1.807) is 6.08 Å². The molecule has 0 bridgehead atoms. The fourth-order valence-corrected chi connectivity index (χ4v) is 2.84. The van der Waals surface area contributed by atoms with Gasteiger partial charge in [0, 0.05) is 25.2 Å². The van der Waals surface area contributed by atoms with Gasteiger partial charge in [0.1, 0.15) is 0 Å². The number of likely N-dealkylation sites (N-methyl/N-ethyl adjacent to an activating group) is 1. The van der Waals surface area contributed by atoms with Crippen molar-refractivity contribution in [2.24, 2.45) is 0 Å². The Morgan fingerprint density at radius 3 is 2.55 bits per heavy atom. The van der Waals surface area contributed by atoms with E-state index in [9.17, 15) is 4.79 Å². The number of nitrogens with zero attached hydrogens (tertiary/aromatic N) is 2. The molecule has 22 heavy (non-hydrogen) atoms. The van der Waals surface area contributed by atoms with Crippen LogP contribution in [-0.4, -0.2) is 48.9 Å². The van der Waals surface area contributed by atoms with Crippen LogP contribution in [0.25, 0.3) is 6.08 Å². The van der Waals surface area contributed by atoms with Gasteiger partial charge in [-0.25, -0.2) is 0 Å². The highest BCUT2D eigenvalue weighted by atomic mass is 16.2. The molecule has 1 amide bonds. The molecule has 0 spiro atoms. The number of likely N-dealkylation sites (tertiary alicyclic amines) is 1. The number of piperidine rings is 1. The van der Waals surface area contributed by atoms with Gasteiger partial charge in [-0.1, -0.05) is 38.1 Å². The van der Waals surface area contributed by atoms with Crippen LogP contribution >= 0.6 is 0 Å². The molecule has 1 fully saturated rings. The maximum absolute atomic E-state index is 12.3. The van der Waals surface area contributed by atoms with Crippen LogP contribution in [0.1, 0.15) is 43.7 Å². The zero-order chi connectivity index (χ0) is 16.1. The van der Waals surface area contributed by atoms with Crippen LogP contribution < -0.4 is 0 Å². The van der Waals surface area contributed by atoms with Crippen molar-refractivity contribution in [2.45, 2.75) is 38.6 Å². The number of benzene rings is 1. The normalized spacial score (nSPS) is 19.4. The first kappa shape index (κ1) is 16.8. The summed E-state index contributed by atoms with van der Waals surface area (Å²) in [5, 5.41) is 0. The second kappa shape index (κ2) is 7.59. The van der Waals surface area contributed by atoms with Crippen LogP contribution in [-0.2, 0) is 4.79 Å². The molecule has 1 aromatic rings. The van der Waals surface area contributed by atoms with Gasteiger partial charge in [-0.15, -0.1) is 0 Å². The predicted molar refractivity (Wildman–Crippen MR) is 92.9 cm³/mol. The third-order valence-corrected chi connectivity index (χ3v) is 4.46. The highest BCUT2D eigenvalue weighted by Gasteiger charge is 2.23. The van der Waals surface area contributed by atoms with Gasteiger partial charge in [0.2, 0.25) is 5.91 Å². The lowest BCUT2D eigenvalue weighted by Crippen LogP contribution is -2.47. The van der Waals surface area contributed by atoms with Crippen molar-refractivity contribution in [3.63, 3.8) is 0 Å². The average Bonchev–Trinajstić information content (AvgIpc) is 2.53. The van der Waals surface area contributed by atoms with Crippen LogP contribution in [0.15, 0.2) is 30.3 Å². The number of amides is 1. The fourth-order valence-electron chi connectivity index (χ4n) is 2.84. The van der Waals surface area contributed by atoms with Gasteiger partial charge in [0.25, 0.3) is 0 Å². The summed E-state index contributed by atoms with van der Waals surface area (Å²) in [5.74, 6) is 0.662. The summed E-state index contributed by atoms with van der Waals surface area (Å²) < 4.78 is 0. The third kappa shape index (κ3) is 4.44. The molecule has 1 heterocycles. The van der Waals surface area contributed by atoms with Crippen LogP contribution in [0, 0.1) is 0 Å². The smallest absolute Gasteiger partial charge is 0.246 e. The van der Waals surface area contributed by atoms with Gasteiger partial charge in [0.05, 0.1) is 0 Å². The Morgan fingerprint density at radius 1 is 1.27 bits per heavy atom. The largest absolute Gasteiger partial charge is 0.338 e. The molecule has 3 heteroatoms. The van der Waals surface area contributed by atoms with Crippen molar-refractivity contribution in [3.05, 3.63) is 41.5 Å². The summed E-state index contributed by atoms with van der Waals surface area (Å²) in [6, 6.07) is 8.92. The van der Waals surface area contributed by atoms with Crippen molar-refractivity contribution >= 4 is 12.0 Å². The summed E-state index contributed by atoms with van der Waals surface area (Å²) in [6.45, 7) is 6.08. The van der Waals surface area contributed by atoms with Gasteiger partial charge in [-0.05, 0) is 50.1 Å². The fraction of sp³-hybridized carbons (Fsp3) is 0.526. The molecule has 0 radical (unpaired) electrons. The summed E-state index contributed by atoms with van der Waals surface area (Å²) >= 11 is 0. The second-order valence-corrected chi connectivity index (χ2v) is 6.70. The van der Waals surface area contributed by atoms with Crippen LogP contribution in [0.2, 0.25) is 0 Å². The van der Waals surface area contributed by atoms with Gasteiger partial charge >= 0.3 is 0 Å². The minimum atomic E-state index is 0.125. The third-order valence-electron chi connectivity index (χ3n) is 4.46. The number of hydrogen-bond acceptors (Lipinski definition) is 2. The lowest BCUT2D eigenvalue weighted by atomic mass is 10.0. The minimum Gasteiger partial charge on any atom is -0.338 e. The van der Waals surface area contributed by atoms with E-state index < -0.39 is 0 Å². The second-order valence-electron chi connectivity index (χ2n) is 6.70. The highest BCUT2D eigenvalue weighted by molar-refractivity contribution is 5.91. The Morgan fingerprint density at radius 2 is 1.95 bits per heavy atom. The molecule has 0 saturated carbocycles. The Kier molecular flexibility index (Phi) is 5.78. The summed E-state index contributed by atoms with van der Waals surface area (Å²) in [5.41, 5.74) is 2.41. The van der Waals surface area contributed by atoms with E-state index in [2.05, 4.69) is 57.1 Å². The molecule has 0 N–H and O–H groups in total. The zero-order valence-corrected chi connectivity index (χ0v) is 14.2. The summed E-state index contributed by atoms with van der Waals surface area (Å²) in [4.78, 5) is 16.5. The van der Waals surface area contributed by atoms with Crippen LogP contribution in [0.5, 0.6) is 0 Å². The van der Waals surface area contributed by atoms with Gasteiger partial charge in [0.15, 0.2) is 0 Å². The molecule has 2 rings (SSSR count). The Labute approximate surface area is 134 Å². The van der Waals surface area contributed by atoms with E-state index >= 15 is 0 Å². The predicted octanol–water partition coefficient (Wildman–Crippen LogP) is 3.38. The van der Waals surface area contributed by atoms with E-state index in [1.807, 2.05) is 11.0 Å². The molecule has 1 unspecified atom stereocenters.